The molecule has 1 aromatic rings. The van der Waals surface area contributed by atoms with Crippen LogP contribution < -0.4 is 0 Å². The Hall–Kier alpha value is -0.380. The van der Waals surface area contributed by atoms with Gasteiger partial charge in [-0.15, -0.1) is 0 Å². The molecule has 1 saturated heterocycles. The van der Waals surface area contributed by atoms with E-state index in [2.05, 4.69) is 28.1 Å². The van der Waals surface area contributed by atoms with Crippen LogP contribution in [0.4, 0.5) is 0 Å². The Kier molecular flexibility index (Phi) is 3.14. The second-order valence-corrected chi connectivity index (χ2v) is 5.11. The highest BCUT2D eigenvalue weighted by Crippen LogP contribution is 2.33. The second-order valence-electron chi connectivity index (χ2n) is 4.20. The molecule has 2 rings (SSSR count). The number of benzene rings is 1. The Morgan fingerprint density at radius 1 is 1.40 bits per heavy atom. The molecule has 1 atom stereocenters. The molecule has 0 aliphatic carbocycles. The van der Waals surface area contributed by atoms with Crippen LogP contribution in [0.5, 0.6) is 0 Å². The van der Waals surface area contributed by atoms with Crippen molar-refractivity contribution < 1.29 is 9.47 Å². The van der Waals surface area contributed by atoms with E-state index in [9.17, 15) is 0 Å². The Morgan fingerprint density at radius 2 is 2.20 bits per heavy atom. The standard InChI is InChI=1S/C12H15BrO2/c1-12(2)14-7-6-11(15-12)9-4-3-5-10(13)8-9/h3-5,8,11H,6-7H2,1-2H3. The van der Waals surface area contributed by atoms with Gasteiger partial charge in [0.15, 0.2) is 5.79 Å². The van der Waals surface area contributed by atoms with Gasteiger partial charge in [0, 0.05) is 10.9 Å². The zero-order valence-corrected chi connectivity index (χ0v) is 10.6. The van der Waals surface area contributed by atoms with Crippen molar-refractivity contribution in [1.82, 2.24) is 0 Å². The van der Waals surface area contributed by atoms with Gasteiger partial charge >= 0.3 is 0 Å². The first kappa shape index (κ1) is 11.1. The van der Waals surface area contributed by atoms with Gasteiger partial charge in [-0.3, -0.25) is 0 Å². The zero-order valence-electron chi connectivity index (χ0n) is 9.00. The highest BCUT2D eigenvalue weighted by molar-refractivity contribution is 9.10. The maximum atomic E-state index is 5.87. The Labute approximate surface area is 98.7 Å². The van der Waals surface area contributed by atoms with Crippen LogP contribution in [-0.2, 0) is 9.47 Å². The van der Waals surface area contributed by atoms with Crippen molar-refractivity contribution in [1.29, 1.82) is 0 Å². The van der Waals surface area contributed by atoms with Gasteiger partial charge in [0.05, 0.1) is 12.7 Å². The van der Waals surface area contributed by atoms with E-state index in [0.29, 0.717) is 0 Å². The first-order valence-corrected chi connectivity index (χ1v) is 5.93. The summed E-state index contributed by atoms with van der Waals surface area (Å²) in [6.45, 7) is 4.67. The third-order valence-corrected chi connectivity index (χ3v) is 2.97. The zero-order chi connectivity index (χ0) is 10.9. The topological polar surface area (TPSA) is 18.5 Å². The molecule has 1 aliphatic rings. The molecule has 1 aliphatic heterocycles. The average molecular weight is 271 g/mol. The maximum Gasteiger partial charge on any atom is 0.163 e. The molecule has 3 heteroatoms. The fourth-order valence-electron chi connectivity index (χ4n) is 1.79. The van der Waals surface area contributed by atoms with Gasteiger partial charge in [0.1, 0.15) is 0 Å². The van der Waals surface area contributed by atoms with Gasteiger partial charge < -0.3 is 9.47 Å². The van der Waals surface area contributed by atoms with E-state index < -0.39 is 5.79 Å². The summed E-state index contributed by atoms with van der Waals surface area (Å²) in [5.41, 5.74) is 1.21. The molecule has 1 heterocycles. The molecule has 15 heavy (non-hydrogen) atoms. The molecular weight excluding hydrogens is 256 g/mol. The highest BCUT2D eigenvalue weighted by Gasteiger charge is 2.30. The van der Waals surface area contributed by atoms with Crippen molar-refractivity contribution in [2.75, 3.05) is 6.61 Å². The summed E-state index contributed by atoms with van der Waals surface area (Å²) in [4.78, 5) is 0. The van der Waals surface area contributed by atoms with Gasteiger partial charge in [-0.25, -0.2) is 0 Å². The summed E-state index contributed by atoms with van der Waals surface area (Å²) in [6, 6.07) is 8.25. The molecule has 0 spiro atoms. The lowest BCUT2D eigenvalue weighted by Gasteiger charge is -2.36. The fraction of sp³-hybridized carbons (Fsp3) is 0.500. The molecule has 0 amide bonds. The quantitative estimate of drug-likeness (QED) is 0.776. The Balaban J connectivity index is 2.17. The number of hydrogen-bond donors (Lipinski definition) is 0. The predicted octanol–water partition coefficient (Wildman–Crippen LogP) is 3.66. The molecule has 1 fully saturated rings. The van der Waals surface area contributed by atoms with Gasteiger partial charge in [0.25, 0.3) is 0 Å². The molecule has 0 saturated carbocycles. The number of ether oxygens (including phenoxy) is 2. The van der Waals surface area contributed by atoms with Gasteiger partial charge in [0.2, 0.25) is 0 Å². The molecule has 82 valence electrons. The minimum Gasteiger partial charge on any atom is -0.350 e. The van der Waals surface area contributed by atoms with Crippen LogP contribution in [0.2, 0.25) is 0 Å². The van der Waals surface area contributed by atoms with Gasteiger partial charge in [-0.2, -0.15) is 0 Å². The van der Waals surface area contributed by atoms with E-state index in [1.54, 1.807) is 0 Å². The van der Waals surface area contributed by atoms with E-state index in [0.717, 1.165) is 17.5 Å². The number of rotatable bonds is 1. The van der Waals surface area contributed by atoms with Crippen LogP contribution in [0.3, 0.4) is 0 Å². The van der Waals surface area contributed by atoms with Gasteiger partial charge in [-0.05, 0) is 31.5 Å². The van der Waals surface area contributed by atoms with E-state index in [1.165, 1.54) is 5.56 Å². The molecule has 0 bridgehead atoms. The van der Waals surface area contributed by atoms with Crippen molar-refractivity contribution in [2.45, 2.75) is 32.2 Å². The summed E-state index contributed by atoms with van der Waals surface area (Å²) in [5.74, 6) is -0.467. The van der Waals surface area contributed by atoms with E-state index in [1.807, 2.05) is 26.0 Å². The second kappa shape index (κ2) is 4.24. The van der Waals surface area contributed by atoms with Crippen molar-refractivity contribution in [3.05, 3.63) is 34.3 Å². The first-order valence-electron chi connectivity index (χ1n) is 5.14. The highest BCUT2D eigenvalue weighted by atomic mass is 79.9. The lowest BCUT2D eigenvalue weighted by molar-refractivity contribution is -0.275. The lowest BCUT2D eigenvalue weighted by Crippen LogP contribution is -2.35. The van der Waals surface area contributed by atoms with Crippen LogP contribution in [0.25, 0.3) is 0 Å². The minimum atomic E-state index is -0.467. The number of halogens is 1. The number of hydrogen-bond acceptors (Lipinski definition) is 2. The monoisotopic (exact) mass is 270 g/mol. The molecule has 0 radical (unpaired) electrons. The maximum absolute atomic E-state index is 5.87. The molecular formula is C12H15BrO2. The molecule has 1 unspecified atom stereocenters. The first-order chi connectivity index (χ1) is 7.07. The minimum absolute atomic E-state index is 0.145. The third-order valence-electron chi connectivity index (χ3n) is 2.48. The normalized spacial score (nSPS) is 25.1. The van der Waals surface area contributed by atoms with Crippen molar-refractivity contribution in [2.24, 2.45) is 0 Å². The van der Waals surface area contributed by atoms with Crippen LogP contribution in [-0.4, -0.2) is 12.4 Å². The summed E-state index contributed by atoms with van der Waals surface area (Å²) in [6.07, 6.45) is 1.06. The Morgan fingerprint density at radius 3 is 2.87 bits per heavy atom. The summed E-state index contributed by atoms with van der Waals surface area (Å²) in [7, 11) is 0. The van der Waals surface area contributed by atoms with E-state index in [4.69, 9.17) is 9.47 Å². The SMILES string of the molecule is CC1(C)OCCC(c2cccc(Br)c2)O1. The third kappa shape index (κ3) is 2.80. The van der Waals surface area contributed by atoms with Crippen LogP contribution in [0, 0.1) is 0 Å². The van der Waals surface area contributed by atoms with Crippen molar-refractivity contribution >= 4 is 15.9 Å². The average Bonchev–Trinajstić information content (AvgIpc) is 2.16. The lowest BCUT2D eigenvalue weighted by atomic mass is 10.1. The van der Waals surface area contributed by atoms with Crippen LogP contribution >= 0.6 is 15.9 Å². The van der Waals surface area contributed by atoms with Crippen LogP contribution in [0.15, 0.2) is 28.7 Å². The Bertz CT molecular complexity index is 349. The molecule has 0 N–H and O–H groups in total. The smallest absolute Gasteiger partial charge is 0.163 e. The van der Waals surface area contributed by atoms with Crippen LogP contribution in [0.1, 0.15) is 31.9 Å². The largest absolute Gasteiger partial charge is 0.350 e. The van der Waals surface area contributed by atoms with E-state index in [-0.39, 0.29) is 6.10 Å². The molecule has 2 nitrogen and oxygen atoms in total. The predicted molar refractivity (Wildman–Crippen MR) is 62.6 cm³/mol. The summed E-state index contributed by atoms with van der Waals surface area (Å²) < 4.78 is 12.5. The van der Waals surface area contributed by atoms with Crippen molar-refractivity contribution in [3.8, 4) is 0 Å². The van der Waals surface area contributed by atoms with Gasteiger partial charge in [-0.1, -0.05) is 28.1 Å². The molecule has 1 aromatic carbocycles. The fourth-order valence-corrected chi connectivity index (χ4v) is 2.21. The van der Waals surface area contributed by atoms with Crippen molar-refractivity contribution in [3.63, 3.8) is 0 Å². The summed E-state index contributed by atoms with van der Waals surface area (Å²) in [5, 5.41) is 0. The van der Waals surface area contributed by atoms with E-state index >= 15 is 0 Å². The molecule has 0 aromatic heterocycles. The summed E-state index contributed by atoms with van der Waals surface area (Å²) >= 11 is 3.47.